The average Bonchev–Trinajstić information content (AvgIpc) is 3.36. The molecule has 1 aliphatic rings. The predicted octanol–water partition coefficient (Wildman–Crippen LogP) is 5.22. The largest absolute Gasteiger partial charge is 0.483 e. The van der Waals surface area contributed by atoms with Gasteiger partial charge in [-0.15, -0.1) is 0 Å². The molecular weight excluding hydrogens is 431 g/mol. The van der Waals surface area contributed by atoms with Gasteiger partial charge in [0.15, 0.2) is 6.61 Å². The lowest BCUT2D eigenvalue weighted by atomic mass is 10.1. The molecule has 0 spiro atoms. The molecule has 178 valence electrons. The SMILES string of the molecule is CCC(C(=O)NC1CCCC1)N(Cc1ccc(F)cc1)C(=O)COc1cccc2ccccc12. The molecule has 0 bridgehead atoms. The normalized spacial score (nSPS) is 14.6. The van der Waals surface area contributed by atoms with Crippen molar-refractivity contribution in [1.29, 1.82) is 0 Å². The summed E-state index contributed by atoms with van der Waals surface area (Å²) in [4.78, 5) is 28.1. The maximum absolute atomic E-state index is 13.4. The topological polar surface area (TPSA) is 58.6 Å². The Hall–Kier alpha value is -3.41. The van der Waals surface area contributed by atoms with Crippen molar-refractivity contribution < 1.29 is 18.7 Å². The third kappa shape index (κ3) is 5.74. The van der Waals surface area contributed by atoms with Gasteiger partial charge < -0.3 is 15.0 Å². The number of nitrogens with one attached hydrogen (secondary N) is 1. The van der Waals surface area contributed by atoms with Crippen molar-refractivity contribution in [2.45, 2.75) is 57.7 Å². The molecule has 0 saturated heterocycles. The molecule has 2 amide bonds. The number of benzene rings is 3. The summed E-state index contributed by atoms with van der Waals surface area (Å²) >= 11 is 0. The van der Waals surface area contributed by atoms with Crippen LogP contribution in [0.3, 0.4) is 0 Å². The van der Waals surface area contributed by atoms with Crippen LogP contribution in [0.5, 0.6) is 5.75 Å². The monoisotopic (exact) mass is 462 g/mol. The number of hydrogen-bond acceptors (Lipinski definition) is 3. The Morgan fingerprint density at radius 1 is 1.03 bits per heavy atom. The summed E-state index contributed by atoms with van der Waals surface area (Å²) in [7, 11) is 0. The van der Waals surface area contributed by atoms with Gasteiger partial charge >= 0.3 is 0 Å². The van der Waals surface area contributed by atoms with Gasteiger partial charge in [-0.05, 0) is 48.4 Å². The van der Waals surface area contributed by atoms with E-state index in [9.17, 15) is 14.0 Å². The first kappa shape index (κ1) is 23.7. The third-order valence-corrected chi connectivity index (χ3v) is 6.45. The fraction of sp³-hybridized carbons (Fsp3) is 0.357. The number of hydrogen-bond donors (Lipinski definition) is 1. The highest BCUT2D eigenvalue weighted by Gasteiger charge is 2.31. The maximum Gasteiger partial charge on any atom is 0.261 e. The molecule has 1 saturated carbocycles. The number of carbonyl (C=O) groups excluding carboxylic acids is 2. The first-order valence-corrected chi connectivity index (χ1v) is 12.0. The molecular formula is C28H31FN2O3. The molecule has 34 heavy (non-hydrogen) atoms. The van der Waals surface area contributed by atoms with E-state index in [1.807, 2.05) is 49.4 Å². The van der Waals surface area contributed by atoms with Gasteiger partial charge in [0.2, 0.25) is 5.91 Å². The van der Waals surface area contributed by atoms with Crippen LogP contribution in [-0.2, 0) is 16.1 Å². The number of fused-ring (bicyclic) bond motifs is 1. The van der Waals surface area contributed by atoms with Crippen molar-refractivity contribution in [1.82, 2.24) is 10.2 Å². The Morgan fingerprint density at radius 3 is 2.47 bits per heavy atom. The molecule has 5 nitrogen and oxygen atoms in total. The van der Waals surface area contributed by atoms with E-state index < -0.39 is 6.04 Å². The second-order valence-electron chi connectivity index (χ2n) is 8.83. The molecule has 0 heterocycles. The van der Waals surface area contributed by atoms with Crippen LogP contribution in [0.25, 0.3) is 10.8 Å². The van der Waals surface area contributed by atoms with Crippen LogP contribution in [0.4, 0.5) is 4.39 Å². The van der Waals surface area contributed by atoms with Gasteiger partial charge in [0.1, 0.15) is 17.6 Å². The van der Waals surface area contributed by atoms with E-state index >= 15 is 0 Å². The molecule has 3 aromatic carbocycles. The molecule has 1 atom stereocenters. The summed E-state index contributed by atoms with van der Waals surface area (Å²) in [5.74, 6) is -0.149. The Balaban J connectivity index is 1.53. The fourth-order valence-corrected chi connectivity index (χ4v) is 4.62. The first-order chi connectivity index (χ1) is 16.5. The summed E-state index contributed by atoms with van der Waals surface area (Å²) in [5.41, 5.74) is 0.757. The van der Waals surface area contributed by atoms with E-state index in [1.165, 1.54) is 12.1 Å². The van der Waals surface area contributed by atoms with Crippen LogP contribution in [0.2, 0.25) is 0 Å². The summed E-state index contributed by atoms with van der Waals surface area (Å²) < 4.78 is 19.4. The number of nitrogens with zero attached hydrogens (tertiary/aromatic N) is 1. The highest BCUT2D eigenvalue weighted by Crippen LogP contribution is 2.25. The molecule has 1 aliphatic carbocycles. The lowest BCUT2D eigenvalue weighted by molar-refractivity contribution is -0.143. The van der Waals surface area contributed by atoms with E-state index in [0.29, 0.717) is 12.2 Å². The van der Waals surface area contributed by atoms with Gasteiger partial charge in [0.25, 0.3) is 5.91 Å². The van der Waals surface area contributed by atoms with Gasteiger partial charge in [-0.25, -0.2) is 4.39 Å². The Labute approximate surface area is 199 Å². The molecule has 3 aromatic rings. The molecule has 6 heteroatoms. The standard InChI is InChI=1S/C28H31FN2O3/c1-2-25(28(33)30-23-10-4-5-11-23)31(18-20-14-16-22(29)17-15-20)27(32)19-34-26-13-7-9-21-8-3-6-12-24(21)26/h3,6-9,12-17,23,25H,2,4-5,10-11,18-19H2,1H3,(H,30,33). The van der Waals surface area contributed by atoms with E-state index in [0.717, 1.165) is 42.0 Å². The molecule has 0 radical (unpaired) electrons. The molecule has 4 rings (SSSR count). The second kappa shape index (κ2) is 11.1. The summed E-state index contributed by atoms with van der Waals surface area (Å²) in [6, 6.07) is 19.1. The summed E-state index contributed by atoms with van der Waals surface area (Å²) in [5, 5.41) is 5.08. The van der Waals surface area contributed by atoms with Gasteiger partial charge in [-0.2, -0.15) is 0 Å². The van der Waals surface area contributed by atoms with Crippen LogP contribution in [0.1, 0.15) is 44.6 Å². The van der Waals surface area contributed by atoms with E-state index in [-0.39, 0.29) is 36.8 Å². The number of rotatable bonds is 9. The zero-order valence-corrected chi connectivity index (χ0v) is 19.5. The number of ether oxygens (including phenoxy) is 1. The van der Waals surface area contributed by atoms with Crippen LogP contribution >= 0.6 is 0 Å². The molecule has 1 fully saturated rings. The van der Waals surface area contributed by atoms with Crippen molar-refractivity contribution in [2.75, 3.05) is 6.61 Å². The fourth-order valence-electron chi connectivity index (χ4n) is 4.62. The van der Waals surface area contributed by atoms with Gasteiger partial charge in [0, 0.05) is 18.0 Å². The third-order valence-electron chi connectivity index (χ3n) is 6.45. The van der Waals surface area contributed by atoms with Crippen molar-refractivity contribution in [2.24, 2.45) is 0 Å². The maximum atomic E-state index is 13.4. The number of amides is 2. The lowest BCUT2D eigenvalue weighted by Gasteiger charge is -2.31. The van der Waals surface area contributed by atoms with Crippen LogP contribution < -0.4 is 10.1 Å². The molecule has 1 unspecified atom stereocenters. The van der Waals surface area contributed by atoms with E-state index in [4.69, 9.17) is 4.74 Å². The first-order valence-electron chi connectivity index (χ1n) is 12.0. The molecule has 1 N–H and O–H groups in total. The van der Waals surface area contributed by atoms with E-state index in [1.54, 1.807) is 17.0 Å². The van der Waals surface area contributed by atoms with Gasteiger partial charge in [0.05, 0.1) is 0 Å². The van der Waals surface area contributed by atoms with Gasteiger partial charge in [-0.3, -0.25) is 9.59 Å². The zero-order chi connectivity index (χ0) is 23.9. The van der Waals surface area contributed by atoms with Crippen molar-refractivity contribution in [3.63, 3.8) is 0 Å². The number of halogens is 1. The minimum Gasteiger partial charge on any atom is -0.483 e. The molecule has 0 aliphatic heterocycles. The van der Waals surface area contributed by atoms with Crippen LogP contribution in [-0.4, -0.2) is 35.4 Å². The van der Waals surface area contributed by atoms with Crippen molar-refractivity contribution in [3.8, 4) is 5.75 Å². The lowest BCUT2D eigenvalue weighted by Crippen LogP contribution is -2.52. The van der Waals surface area contributed by atoms with Crippen LogP contribution in [0, 0.1) is 5.82 Å². The quantitative estimate of drug-likeness (QED) is 0.474. The Bertz CT molecular complexity index is 1120. The smallest absolute Gasteiger partial charge is 0.261 e. The zero-order valence-electron chi connectivity index (χ0n) is 19.5. The second-order valence-corrected chi connectivity index (χ2v) is 8.83. The minimum atomic E-state index is -0.630. The summed E-state index contributed by atoms with van der Waals surface area (Å²) in [6.45, 7) is 1.91. The van der Waals surface area contributed by atoms with Crippen molar-refractivity contribution >= 4 is 22.6 Å². The van der Waals surface area contributed by atoms with Gasteiger partial charge in [-0.1, -0.05) is 68.3 Å². The Morgan fingerprint density at radius 2 is 1.74 bits per heavy atom. The highest BCUT2D eigenvalue weighted by atomic mass is 19.1. The van der Waals surface area contributed by atoms with Crippen LogP contribution in [0.15, 0.2) is 66.7 Å². The minimum absolute atomic E-state index is 0.143. The average molecular weight is 463 g/mol. The van der Waals surface area contributed by atoms with Crippen molar-refractivity contribution in [3.05, 3.63) is 78.1 Å². The predicted molar refractivity (Wildman–Crippen MR) is 131 cm³/mol. The number of carbonyl (C=O) groups is 2. The molecule has 0 aromatic heterocycles. The summed E-state index contributed by atoms with van der Waals surface area (Å²) in [6.07, 6.45) is 4.63. The Kier molecular flexibility index (Phi) is 7.78. The highest BCUT2D eigenvalue weighted by molar-refractivity contribution is 5.90. The van der Waals surface area contributed by atoms with E-state index in [2.05, 4.69) is 5.32 Å².